The van der Waals surface area contributed by atoms with Crippen LogP contribution in [0.1, 0.15) is 0 Å². The molecule has 0 fully saturated rings. The number of ketones is 1. The smallest absolute Gasteiger partial charge is 0.219 e. The molecule has 68 valence electrons. The van der Waals surface area contributed by atoms with Crippen LogP contribution < -0.4 is 5.73 Å². The number of alkyl halides is 4. The van der Waals surface area contributed by atoms with Gasteiger partial charge in [0.15, 0.2) is 4.33 Å². The third-order valence-corrected chi connectivity index (χ3v) is 4.10. The van der Waals surface area contributed by atoms with Gasteiger partial charge < -0.3 is 5.73 Å². The Morgan fingerprint density at radius 3 is 1.58 bits per heavy atom. The van der Waals surface area contributed by atoms with E-state index in [1.54, 1.807) is 0 Å². The van der Waals surface area contributed by atoms with E-state index in [1.165, 1.54) is 0 Å². The van der Waals surface area contributed by atoms with Crippen LogP contribution >= 0.6 is 58.0 Å². The third kappa shape index (κ3) is 1.13. The van der Waals surface area contributed by atoms with Crippen LogP contribution in [0.3, 0.4) is 0 Å². The molecule has 0 aromatic rings. The standard InChI is InChI=1S/C5H2Cl5NO/c6-1-2(11)4(7,8)5(9,10)3(1)12/h11H2. The summed E-state index contributed by atoms with van der Waals surface area (Å²) < 4.78 is -3.86. The lowest BCUT2D eigenvalue weighted by molar-refractivity contribution is -0.115. The van der Waals surface area contributed by atoms with Gasteiger partial charge in [0.2, 0.25) is 10.1 Å². The van der Waals surface area contributed by atoms with Crippen LogP contribution in [0.5, 0.6) is 0 Å². The molecule has 0 aliphatic heterocycles. The predicted molar refractivity (Wildman–Crippen MR) is 50.9 cm³/mol. The van der Waals surface area contributed by atoms with Crippen LogP contribution in [0.15, 0.2) is 10.7 Å². The summed E-state index contributed by atoms with van der Waals surface area (Å²) in [6, 6.07) is 0. The average molecular weight is 269 g/mol. The van der Waals surface area contributed by atoms with Gasteiger partial charge in [-0.3, -0.25) is 4.79 Å². The van der Waals surface area contributed by atoms with Crippen molar-refractivity contribution in [3.8, 4) is 0 Å². The van der Waals surface area contributed by atoms with E-state index >= 15 is 0 Å². The lowest BCUT2D eigenvalue weighted by atomic mass is 10.3. The number of hydrogen-bond acceptors (Lipinski definition) is 2. The monoisotopic (exact) mass is 267 g/mol. The molecule has 0 heterocycles. The summed E-state index contributed by atoms with van der Waals surface area (Å²) in [5.41, 5.74) is 5.10. The lowest BCUT2D eigenvalue weighted by Crippen LogP contribution is -2.40. The van der Waals surface area contributed by atoms with E-state index in [4.69, 9.17) is 63.7 Å². The maximum absolute atomic E-state index is 11.2. The summed E-state index contributed by atoms with van der Waals surface area (Å²) in [5.74, 6) is -0.782. The van der Waals surface area contributed by atoms with E-state index in [0.717, 1.165) is 0 Å². The maximum Gasteiger partial charge on any atom is 0.219 e. The van der Waals surface area contributed by atoms with Crippen molar-refractivity contribution >= 4 is 63.8 Å². The highest BCUT2D eigenvalue weighted by atomic mass is 35.5. The molecule has 7 heteroatoms. The van der Waals surface area contributed by atoms with Crippen molar-refractivity contribution in [1.29, 1.82) is 0 Å². The Kier molecular flexibility index (Phi) is 2.53. The molecule has 0 bridgehead atoms. The number of Topliss-reactive ketones (excluding diaryl/α,β-unsaturated/α-hetero) is 1. The van der Waals surface area contributed by atoms with Gasteiger partial charge in [-0.1, -0.05) is 58.0 Å². The molecular formula is C5H2Cl5NO. The molecule has 0 saturated heterocycles. The first-order valence-corrected chi connectivity index (χ1v) is 4.58. The van der Waals surface area contributed by atoms with Gasteiger partial charge in [-0.2, -0.15) is 0 Å². The summed E-state index contributed by atoms with van der Waals surface area (Å²) in [6.45, 7) is 0. The van der Waals surface area contributed by atoms with E-state index in [2.05, 4.69) is 0 Å². The van der Waals surface area contributed by atoms with Gasteiger partial charge in [0, 0.05) is 0 Å². The van der Waals surface area contributed by atoms with Crippen molar-refractivity contribution in [3.63, 3.8) is 0 Å². The molecule has 1 aliphatic rings. The Labute approximate surface area is 93.5 Å². The van der Waals surface area contributed by atoms with Crippen LogP contribution in [0, 0.1) is 0 Å². The Balaban J connectivity index is 3.31. The van der Waals surface area contributed by atoms with Crippen molar-refractivity contribution < 1.29 is 4.79 Å². The quantitative estimate of drug-likeness (QED) is 0.686. The van der Waals surface area contributed by atoms with Gasteiger partial charge >= 0.3 is 0 Å². The highest BCUT2D eigenvalue weighted by molar-refractivity contribution is 6.75. The van der Waals surface area contributed by atoms with Crippen LogP contribution in [0.25, 0.3) is 0 Å². The van der Waals surface area contributed by atoms with Crippen molar-refractivity contribution in [2.75, 3.05) is 0 Å². The largest absolute Gasteiger partial charge is 0.398 e. The fourth-order valence-corrected chi connectivity index (χ4v) is 1.94. The normalized spacial score (nSPS) is 26.6. The van der Waals surface area contributed by atoms with Crippen molar-refractivity contribution in [1.82, 2.24) is 0 Å². The molecule has 0 aromatic heterocycles. The number of rotatable bonds is 0. The van der Waals surface area contributed by atoms with Crippen molar-refractivity contribution in [2.24, 2.45) is 5.73 Å². The number of hydrogen-bond donors (Lipinski definition) is 1. The summed E-state index contributed by atoms with van der Waals surface area (Å²) in [7, 11) is 0. The second-order valence-corrected chi connectivity index (χ2v) is 5.24. The van der Waals surface area contributed by atoms with E-state index in [0.29, 0.717) is 0 Å². The number of nitrogens with two attached hydrogens (primary N) is 1. The molecule has 0 spiro atoms. The summed E-state index contributed by atoms with van der Waals surface area (Å²) in [6.07, 6.45) is 0. The van der Waals surface area contributed by atoms with Crippen LogP contribution in [-0.4, -0.2) is 14.4 Å². The van der Waals surface area contributed by atoms with Crippen LogP contribution in [0.4, 0.5) is 0 Å². The lowest BCUT2D eigenvalue weighted by Gasteiger charge is -2.24. The molecule has 0 saturated carbocycles. The van der Waals surface area contributed by atoms with E-state index in [-0.39, 0.29) is 10.7 Å². The predicted octanol–water partition coefficient (Wildman–Crippen LogP) is 2.33. The maximum atomic E-state index is 11.2. The Morgan fingerprint density at radius 1 is 1.08 bits per heavy atom. The number of carbonyl (C=O) groups is 1. The minimum Gasteiger partial charge on any atom is -0.398 e. The van der Waals surface area contributed by atoms with Gasteiger partial charge in [0.1, 0.15) is 5.03 Å². The molecule has 2 nitrogen and oxygen atoms in total. The summed E-state index contributed by atoms with van der Waals surface area (Å²) in [5, 5.41) is -0.315. The van der Waals surface area contributed by atoms with Crippen molar-refractivity contribution in [3.05, 3.63) is 10.7 Å². The first kappa shape index (κ1) is 10.7. The second-order valence-electron chi connectivity index (χ2n) is 2.21. The topological polar surface area (TPSA) is 43.1 Å². The summed E-state index contributed by atoms with van der Waals surface area (Å²) in [4.78, 5) is 11.2. The zero-order valence-electron chi connectivity index (χ0n) is 5.38. The molecule has 12 heavy (non-hydrogen) atoms. The van der Waals surface area contributed by atoms with Gasteiger partial charge in [-0.15, -0.1) is 0 Å². The molecule has 0 atom stereocenters. The number of carbonyl (C=O) groups excluding carboxylic acids is 1. The minimum atomic E-state index is -2.00. The molecule has 0 unspecified atom stereocenters. The van der Waals surface area contributed by atoms with E-state index in [1.807, 2.05) is 0 Å². The van der Waals surface area contributed by atoms with Crippen molar-refractivity contribution in [2.45, 2.75) is 8.67 Å². The van der Waals surface area contributed by atoms with Crippen LogP contribution in [0.2, 0.25) is 0 Å². The molecule has 2 N–H and O–H groups in total. The Morgan fingerprint density at radius 2 is 1.50 bits per heavy atom. The fraction of sp³-hybridized carbons (Fsp3) is 0.400. The van der Waals surface area contributed by atoms with Gasteiger partial charge in [-0.25, -0.2) is 0 Å². The van der Waals surface area contributed by atoms with E-state index < -0.39 is 14.4 Å². The highest BCUT2D eigenvalue weighted by Crippen LogP contribution is 2.53. The molecule has 1 rings (SSSR count). The fourth-order valence-electron chi connectivity index (χ4n) is 0.710. The van der Waals surface area contributed by atoms with Gasteiger partial charge in [-0.05, 0) is 0 Å². The van der Waals surface area contributed by atoms with Gasteiger partial charge in [0.05, 0.1) is 5.70 Å². The zero-order chi connectivity index (χ0) is 9.73. The molecule has 0 aromatic carbocycles. The zero-order valence-corrected chi connectivity index (χ0v) is 9.16. The van der Waals surface area contributed by atoms with Gasteiger partial charge in [0.25, 0.3) is 0 Å². The second kappa shape index (κ2) is 2.82. The first-order chi connectivity index (χ1) is 5.23. The van der Waals surface area contributed by atoms with Crippen LogP contribution in [-0.2, 0) is 4.79 Å². The minimum absolute atomic E-state index is 0.220. The third-order valence-electron chi connectivity index (χ3n) is 1.45. The first-order valence-electron chi connectivity index (χ1n) is 2.69. The average Bonchev–Trinajstić information content (AvgIpc) is 2.05. The Hall–Kier alpha value is 0.660. The Bertz CT molecular complexity index is 282. The SMILES string of the molecule is NC1=C(Cl)C(=O)C(Cl)(Cl)C1(Cl)Cl. The summed E-state index contributed by atoms with van der Waals surface area (Å²) >= 11 is 27.8. The molecule has 1 aliphatic carbocycles. The van der Waals surface area contributed by atoms with E-state index in [9.17, 15) is 4.79 Å². The number of allylic oxidation sites excluding steroid dienone is 2. The molecule has 0 radical (unpaired) electrons. The number of halogens is 5. The molecular weight excluding hydrogens is 267 g/mol. The molecule has 0 amide bonds. The highest BCUT2D eigenvalue weighted by Gasteiger charge is 2.61.